The highest BCUT2D eigenvalue weighted by molar-refractivity contribution is 5.92. The minimum atomic E-state index is -1.30. The van der Waals surface area contributed by atoms with Gasteiger partial charge in [-0.25, -0.2) is 4.79 Å². The Morgan fingerprint density at radius 3 is 2.23 bits per heavy atom. The van der Waals surface area contributed by atoms with Crippen molar-refractivity contribution in [2.75, 3.05) is 19.7 Å². The van der Waals surface area contributed by atoms with Crippen LogP contribution in [0.4, 0.5) is 0 Å². The van der Waals surface area contributed by atoms with Crippen molar-refractivity contribution in [3.63, 3.8) is 0 Å². The van der Waals surface area contributed by atoms with E-state index in [9.17, 15) is 24.3 Å². The second-order valence-corrected chi connectivity index (χ2v) is 7.00. The predicted octanol–water partition coefficient (Wildman–Crippen LogP) is -2.15. The van der Waals surface area contributed by atoms with Crippen LogP contribution in [0, 0.1) is 0 Å². The first-order valence-corrected chi connectivity index (χ1v) is 9.99. The topological polar surface area (TPSA) is 197 Å². The Morgan fingerprint density at radius 1 is 0.968 bits per heavy atom. The van der Waals surface area contributed by atoms with E-state index in [1.165, 1.54) is 0 Å². The summed E-state index contributed by atoms with van der Waals surface area (Å²) in [5.41, 5.74) is 12.1. The number of carbonyl (C=O) groups excluding carboxylic acids is 3. The number of carboxylic acids is 1. The Labute approximate surface area is 180 Å². The number of benzene rings is 1. The van der Waals surface area contributed by atoms with Gasteiger partial charge in [-0.15, -0.1) is 0 Å². The molecule has 1 aromatic rings. The van der Waals surface area contributed by atoms with Crippen LogP contribution in [-0.2, 0) is 25.6 Å². The van der Waals surface area contributed by atoms with Crippen LogP contribution < -0.4 is 27.4 Å². The maximum atomic E-state index is 12.2. The van der Waals surface area contributed by atoms with E-state index in [4.69, 9.17) is 16.6 Å². The molecule has 0 aliphatic carbocycles. The molecule has 0 heterocycles. The number of hydrogen-bond donors (Lipinski definition) is 7. The number of aliphatic hydroxyl groups excluding tert-OH is 1. The molecule has 9 N–H and O–H groups in total. The van der Waals surface area contributed by atoms with Gasteiger partial charge in [-0.3, -0.25) is 14.4 Å². The quantitative estimate of drug-likeness (QED) is 0.160. The average molecular weight is 437 g/mol. The number of nitrogens with one attached hydrogen (secondary N) is 3. The van der Waals surface area contributed by atoms with Crippen LogP contribution in [-0.4, -0.2) is 71.7 Å². The lowest BCUT2D eigenvalue weighted by atomic mass is 10.1. The molecule has 0 fully saturated rings. The molecule has 1 aromatic carbocycles. The van der Waals surface area contributed by atoms with Gasteiger partial charge in [0.2, 0.25) is 17.7 Å². The van der Waals surface area contributed by atoms with Crippen LogP contribution in [0.15, 0.2) is 30.3 Å². The third-order valence-corrected chi connectivity index (χ3v) is 4.45. The van der Waals surface area contributed by atoms with Gasteiger partial charge in [0.15, 0.2) is 0 Å². The third-order valence-electron chi connectivity index (χ3n) is 4.45. The molecule has 1 rings (SSSR count). The van der Waals surface area contributed by atoms with Gasteiger partial charge >= 0.3 is 5.97 Å². The van der Waals surface area contributed by atoms with Gasteiger partial charge in [-0.05, 0) is 37.8 Å². The van der Waals surface area contributed by atoms with Crippen molar-refractivity contribution in [2.45, 2.75) is 43.8 Å². The summed E-state index contributed by atoms with van der Waals surface area (Å²) in [6.45, 7) is -0.796. The van der Waals surface area contributed by atoms with E-state index in [-0.39, 0.29) is 12.8 Å². The second kappa shape index (κ2) is 14.1. The summed E-state index contributed by atoms with van der Waals surface area (Å²) >= 11 is 0. The average Bonchev–Trinajstić information content (AvgIpc) is 2.75. The SMILES string of the molecule is NCCCCC(NC(=O)CNC(=O)C(CO)NC(=O)C(N)Cc1ccccc1)C(=O)O. The molecule has 0 bridgehead atoms. The minimum absolute atomic E-state index is 0.209. The fourth-order valence-corrected chi connectivity index (χ4v) is 2.72. The van der Waals surface area contributed by atoms with Crippen molar-refractivity contribution in [2.24, 2.45) is 11.5 Å². The van der Waals surface area contributed by atoms with Crippen molar-refractivity contribution in [3.05, 3.63) is 35.9 Å². The van der Waals surface area contributed by atoms with E-state index in [2.05, 4.69) is 16.0 Å². The molecule has 3 amide bonds. The van der Waals surface area contributed by atoms with Crippen LogP contribution in [0.2, 0.25) is 0 Å². The normalized spacial score (nSPS) is 13.5. The fraction of sp³-hybridized carbons (Fsp3) is 0.500. The number of nitrogens with two attached hydrogens (primary N) is 2. The van der Waals surface area contributed by atoms with Crippen molar-refractivity contribution in [1.82, 2.24) is 16.0 Å². The van der Waals surface area contributed by atoms with E-state index in [1.807, 2.05) is 30.3 Å². The first-order valence-electron chi connectivity index (χ1n) is 9.99. The van der Waals surface area contributed by atoms with Gasteiger partial charge in [-0.2, -0.15) is 0 Å². The molecule has 0 spiro atoms. The summed E-state index contributed by atoms with van der Waals surface area (Å²) in [4.78, 5) is 47.6. The number of aliphatic hydroxyl groups is 1. The van der Waals surface area contributed by atoms with E-state index in [0.717, 1.165) is 5.56 Å². The molecule has 11 heteroatoms. The van der Waals surface area contributed by atoms with Crippen LogP contribution >= 0.6 is 0 Å². The number of aliphatic carboxylic acids is 1. The lowest BCUT2D eigenvalue weighted by Crippen LogP contribution is -2.55. The van der Waals surface area contributed by atoms with Gasteiger partial charge < -0.3 is 37.6 Å². The van der Waals surface area contributed by atoms with Crippen LogP contribution in [0.25, 0.3) is 0 Å². The van der Waals surface area contributed by atoms with Crippen molar-refractivity contribution in [1.29, 1.82) is 0 Å². The molecule has 0 saturated carbocycles. The Balaban J connectivity index is 2.49. The van der Waals surface area contributed by atoms with E-state index in [1.54, 1.807) is 0 Å². The van der Waals surface area contributed by atoms with Crippen molar-refractivity contribution >= 4 is 23.7 Å². The number of amides is 3. The van der Waals surface area contributed by atoms with Gasteiger partial charge in [0.25, 0.3) is 0 Å². The summed E-state index contributed by atoms with van der Waals surface area (Å²) in [6, 6.07) is 5.73. The number of rotatable bonds is 14. The molecule has 0 aliphatic heterocycles. The van der Waals surface area contributed by atoms with Crippen LogP contribution in [0.3, 0.4) is 0 Å². The lowest BCUT2D eigenvalue weighted by Gasteiger charge is -2.19. The monoisotopic (exact) mass is 437 g/mol. The Kier molecular flexibility index (Phi) is 11.8. The van der Waals surface area contributed by atoms with Gasteiger partial charge in [0, 0.05) is 0 Å². The number of hydrogen-bond acceptors (Lipinski definition) is 7. The highest BCUT2D eigenvalue weighted by Gasteiger charge is 2.24. The molecule has 0 aliphatic rings. The smallest absolute Gasteiger partial charge is 0.326 e. The largest absolute Gasteiger partial charge is 0.480 e. The van der Waals surface area contributed by atoms with Gasteiger partial charge in [-0.1, -0.05) is 30.3 Å². The standard InChI is InChI=1S/C20H31N5O6/c21-9-5-4-8-15(20(30)31)24-17(27)11-23-19(29)16(12-26)25-18(28)14(22)10-13-6-2-1-3-7-13/h1-3,6-7,14-16,26H,4-5,8-12,21-22H2,(H,23,29)(H,24,27)(H,25,28)(H,30,31). The van der Waals surface area contributed by atoms with Gasteiger partial charge in [0.05, 0.1) is 19.2 Å². The maximum absolute atomic E-state index is 12.2. The molecular weight excluding hydrogens is 406 g/mol. The molecule has 0 radical (unpaired) electrons. The molecule has 172 valence electrons. The summed E-state index contributed by atoms with van der Waals surface area (Å²) in [6.07, 6.45) is 1.61. The summed E-state index contributed by atoms with van der Waals surface area (Å²) in [7, 11) is 0. The molecule has 11 nitrogen and oxygen atoms in total. The minimum Gasteiger partial charge on any atom is -0.480 e. The van der Waals surface area contributed by atoms with E-state index < -0.39 is 55.0 Å². The zero-order valence-electron chi connectivity index (χ0n) is 17.3. The third kappa shape index (κ3) is 10.0. The van der Waals surface area contributed by atoms with Gasteiger partial charge in [0.1, 0.15) is 12.1 Å². The summed E-state index contributed by atoms with van der Waals surface area (Å²) < 4.78 is 0. The highest BCUT2D eigenvalue weighted by Crippen LogP contribution is 2.02. The Morgan fingerprint density at radius 2 is 1.65 bits per heavy atom. The fourth-order valence-electron chi connectivity index (χ4n) is 2.72. The summed E-state index contributed by atoms with van der Waals surface area (Å²) in [5.74, 6) is -3.33. The Hall–Kier alpha value is -3.02. The molecule has 0 aromatic heterocycles. The predicted molar refractivity (Wildman–Crippen MR) is 113 cm³/mol. The molecule has 3 unspecified atom stereocenters. The molecule has 0 saturated heterocycles. The molecule has 3 atom stereocenters. The molecule has 31 heavy (non-hydrogen) atoms. The zero-order valence-corrected chi connectivity index (χ0v) is 17.3. The summed E-state index contributed by atoms with van der Waals surface area (Å²) in [5, 5.41) is 25.5. The maximum Gasteiger partial charge on any atom is 0.326 e. The highest BCUT2D eigenvalue weighted by atomic mass is 16.4. The van der Waals surface area contributed by atoms with Crippen LogP contribution in [0.5, 0.6) is 0 Å². The second-order valence-electron chi connectivity index (χ2n) is 7.00. The Bertz CT molecular complexity index is 730. The molecular formula is C20H31N5O6. The lowest BCUT2D eigenvalue weighted by molar-refractivity contribution is -0.142. The van der Waals surface area contributed by atoms with E-state index in [0.29, 0.717) is 19.4 Å². The van der Waals surface area contributed by atoms with Crippen LogP contribution in [0.1, 0.15) is 24.8 Å². The number of carboxylic acid groups (broad SMARTS) is 1. The van der Waals surface area contributed by atoms with Crippen molar-refractivity contribution < 1.29 is 29.4 Å². The first-order chi connectivity index (χ1) is 14.8. The first kappa shape index (κ1) is 26.0. The van der Waals surface area contributed by atoms with E-state index >= 15 is 0 Å². The number of carbonyl (C=O) groups is 4. The number of unbranched alkanes of at least 4 members (excludes halogenated alkanes) is 1. The zero-order chi connectivity index (χ0) is 23.2. The van der Waals surface area contributed by atoms with Crippen molar-refractivity contribution in [3.8, 4) is 0 Å².